The Bertz CT molecular complexity index is 856. The smallest absolute Gasteiger partial charge is 0.224 e. The fraction of sp³-hybridized carbons (Fsp3) is 0.500. The van der Waals surface area contributed by atoms with Gasteiger partial charge in [-0.3, -0.25) is 14.5 Å². The summed E-state index contributed by atoms with van der Waals surface area (Å²) in [5.74, 6) is 0.171. The zero-order valence-corrected chi connectivity index (χ0v) is 15.9. The van der Waals surface area contributed by atoms with E-state index in [9.17, 15) is 13.2 Å². The summed E-state index contributed by atoms with van der Waals surface area (Å²) in [6.07, 6.45) is 8.26. The van der Waals surface area contributed by atoms with Crippen molar-refractivity contribution in [2.75, 3.05) is 19.3 Å². The summed E-state index contributed by atoms with van der Waals surface area (Å²) >= 11 is 0. The first-order valence-corrected chi connectivity index (χ1v) is 10.7. The van der Waals surface area contributed by atoms with Crippen LogP contribution in [0.4, 0.5) is 0 Å². The highest BCUT2D eigenvalue weighted by molar-refractivity contribution is 7.90. The molecule has 1 saturated heterocycles. The van der Waals surface area contributed by atoms with E-state index < -0.39 is 9.84 Å². The third-order valence-corrected chi connectivity index (χ3v) is 6.02. The van der Waals surface area contributed by atoms with Crippen LogP contribution in [-0.4, -0.2) is 53.3 Å². The number of carbonyl (C=O) groups is 1. The Kier molecular flexibility index (Phi) is 5.41. The number of hydrogen-bond donors (Lipinski definition) is 0. The molecular weight excluding hydrogens is 352 g/mol. The number of piperidine rings is 1. The largest absolute Gasteiger partial charge is 0.343 e. The first-order valence-electron chi connectivity index (χ1n) is 8.78. The van der Waals surface area contributed by atoms with E-state index in [0.29, 0.717) is 30.1 Å². The van der Waals surface area contributed by atoms with Crippen LogP contribution in [0.3, 0.4) is 0 Å². The number of nitrogens with zero attached hydrogens (tertiary/aromatic N) is 4. The second kappa shape index (κ2) is 7.57. The Labute approximate surface area is 154 Å². The predicted molar refractivity (Wildman–Crippen MR) is 97.5 cm³/mol. The van der Waals surface area contributed by atoms with Gasteiger partial charge >= 0.3 is 0 Å². The highest BCUT2D eigenvalue weighted by Gasteiger charge is 2.28. The predicted octanol–water partition coefficient (Wildman–Crippen LogP) is 2.04. The fourth-order valence-electron chi connectivity index (χ4n) is 3.44. The number of amides is 1. The van der Waals surface area contributed by atoms with E-state index in [0.717, 1.165) is 12.8 Å². The van der Waals surface area contributed by atoms with Gasteiger partial charge in [-0.15, -0.1) is 0 Å². The molecule has 1 amide bonds. The molecule has 3 heterocycles. The highest BCUT2D eigenvalue weighted by Crippen LogP contribution is 2.31. The minimum atomic E-state index is -3.31. The van der Waals surface area contributed by atoms with Gasteiger partial charge in [-0.1, -0.05) is 0 Å². The Balaban J connectivity index is 1.62. The molecule has 2 aromatic heterocycles. The molecule has 0 saturated carbocycles. The van der Waals surface area contributed by atoms with Gasteiger partial charge in [0, 0.05) is 50.3 Å². The molecule has 7 nitrogen and oxygen atoms in total. The fourth-order valence-corrected chi connectivity index (χ4v) is 4.37. The standard InChI is InChI=1S/C18H24N4O3S/c1-14(22-10-4-9-20-22)13-17(23)21-11-6-15(7-12-21)18-16(26(2,24)25)5-3-8-19-18/h3-5,8-10,14-15H,6-7,11-13H2,1-2H3. The van der Waals surface area contributed by atoms with E-state index in [2.05, 4.69) is 10.1 Å². The summed E-state index contributed by atoms with van der Waals surface area (Å²) in [5.41, 5.74) is 0.631. The number of aromatic nitrogens is 3. The average Bonchev–Trinajstić information content (AvgIpc) is 3.16. The van der Waals surface area contributed by atoms with Gasteiger partial charge in [0.25, 0.3) is 0 Å². The minimum Gasteiger partial charge on any atom is -0.343 e. The van der Waals surface area contributed by atoms with E-state index in [1.165, 1.54) is 6.26 Å². The third kappa shape index (κ3) is 4.12. The van der Waals surface area contributed by atoms with Gasteiger partial charge in [-0.25, -0.2) is 8.42 Å². The first kappa shape index (κ1) is 18.6. The molecule has 0 aromatic carbocycles. The molecule has 2 aromatic rings. The van der Waals surface area contributed by atoms with Crippen LogP contribution >= 0.6 is 0 Å². The summed E-state index contributed by atoms with van der Waals surface area (Å²) in [5, 5.41) is 4.18. The zero-order chi connectivity index (χ0) is 18.7. The van der Waals surface area contributed by atoms with Crippen LogP contribution in [0, 0.1) is 0 Å². The lowest BCUT2D eigenvalue weighted by atomic mass is 9.92. The lowest BCUT2D eigenvalue weighted by molar-refractivity contribution is -0.133. The van der Waals surface area contributed by atoms with Gasteiger partial charge < -0.3 is 4.90 Å². The van der Waals surface area contributed by atoms with Crippen LogP contribution in [0.2, 0.25) is 0 Å². The Hall–Kier alpha value is -2.22. The monoisotopic (exact) mass is 376 g/mol. The molecule has 3 rings (SSSR count). The van der Waals surface area contributed by atoms with Crippen molar-refractivity contribution in [1.29, 1.82) is 0 Å². The van der Waals surface area contributed by atoms with E-state index in [1.54, 1.807) is 29.2 Å². The van der Waals surface area contributed by atoms with Gasteiger partial charge in [0.05, 0.1) is 16.6 Å². The molecule has 26 heavy (non-hydrogen) atoms. The van der Waals surface area contributed by atoms with Gasteiger partial charge in [0.1, 0.15) is 0 Å². The molecule has 1 fully saturated rings. The van der Waals surface area contributed by atoms with Crippen LogP contribution in [0.15, 0.2) is 41.7 Å². The normalized spacial score (nSPS) is 17.2. The van der Waals surface area contributed by atoms with Crippen molar-refractivity contribution in [2.24, 2.45) is 0 Å². The van der Waals surface area contributed by atoms with Crippen LogP contribution in [0.5, 0.6) is 0 Å². The molecule has 8 heteroatoms. The van der Waals surface area contributed by atoms with Crippen LogP contribution in [0.25, 0.3) is 0 Å². The van der Waals surface area contributed by atoms with Gasteiger partial charge in [-0.2, -0.15) is 5.10 Å². The Morgan fingerprint density at radius 1 is 1.27 bits per heavy atom. The van der Waals surface area contributed by atoms with Gasteiger partial charge in [-0.05, 0) is 38.0 Å². The first-order chi connectivity index (χ1) is 12.4. The molecule has 0 bridgehead atoms. The maximum Gasteiger partial charge on any atom is 0.224 e. The van der Waals surface area contributed by atoms with Crippen molar-refractivity contribution in [3.8, 4) is 0 Å². The number of rotatable bonds is 5. The molecule has 1 atom stereocenters. The maximum absolute atomic E-state index is 12.5. The summed E-state index contributed by atoms with van der Waals surface area (Å²) in [6.45, 7) is 3.22. The topological polar surface area (TPSA) is 85.2 Å². The van der Waals surface area contributed by atoms with E-state index in [1.807, 2.05) is 24.1 Å². The Morgan fingerprint density at radius 2 is 2.00 bits per heavy atom. The number of pyridine rings is 1. The second-order valence-corrected chi connectivity index (χ2v) is 8.84. The van der Waals surface area contributed by atoms with E-state index in [-0.39, 0.29) is 17.9 Å². The van der Waals surface area contributed by atoms with Gasteiger partial charge in [0.2, 0.25) is 5.91 Å². The van der Waals surface area contributed by atoms with Crippen molar-refractivity contribution in [1.82, 2.24) is 19.7 Å². The number of likely N-dealkylation sites (tertiary alicyclic amines) is 1. The lowest BCUT2D eigenvalue weighted by Gasteiger charge is -2.33. The summed E-state index contributed by atoms with van der Waals surface area (Å²) in [6, 6.07) is 5.12. The van der Waals surface area contributed by atoms with E-state index in [4.69, 9.17) is 0 Å². The number of carbonyl (C=O) groups excluding carboxylic acids is 1. The molecule has 140 valence electrons. The highest BCUT2D eigenvalue weighted by atomic mass is 32.2. The minimum absolute atomic E-state index is 0.0165. The molecule has 1 aliphatic rings. The zero-order valence-electron chi connectivity index (χ0n) is 15.1. The lowest BCUT2D eigenvalue weighted by Crippen LogP contribution is -2.39. The molecule has 0 N–H and O–H groups in total. The molecule has 1 unspecified atom stereocenters. The summed E-state index contributed by atoms with van der Waals surface area (Å²) in [4.78, 5) is 19.0. The molecular formula is C18H24N4O3S. The number of hydrogen-bond acceptors (Lipinski definition) is 5. The molecule has 1 aliphatic heterocycles. The van der Waals surface area contributed by atoms with Crippen molar-refractivity contribution in [3.63, 3.8) is 0 Å². The average molecular weight is 376 g/mol. The summed E-state index contributed by atoms with van der Waals surface area (Å²) < 4.78 is 25.8. The second-order valence-electron chi connectivity index (χ2n) is 6.85. The van der Waals surface area contributed by atoms with Crippen LogP contribution in [-0.2, 0) is 14.6 Å². The van der Waals surface area contributed by atoms with Crippen molar-refractivity contribution >= 4 is 15.7 Å². The van der Waals surface area contributed by atoms with Crippen LogP contribution < -0.4 is 0 Å². The SMILES string of the molecule is CC(CC(=O)N1CCC(c2ncccc2S(C)(=O)=O)CC1)n1cccn1. The van der Waals surface area contributed by atoms with Crippen LogP contribution in [0.1, 0.15) is 43.8 Å². The molecule has 0 spiro atoms. The van der Waals surface area contributed by atoms with E-state index >= 15 is 0 Å². The third-order valence-electron chi connectivity index (χ3n) is 4.88. The Morgan fingerprint density at radius 3 is 2.62 bits per heavy atom. The summed E-state index contributed by atoms with van der Waals surface area (Å²) in [7, 11) is -3.31. The van der Waals surface area contributed by atoms with Gasteiger partial charge in [0.15, 0.2) is 9.84 Å². The van der Waals surface area contributed by atoms with Crippen molar-refractivity contribution < 1.29 is 13.2 Å². The molecule has 0 aliphatic carbocycles. The number of sulfone groups is 1. The van der Waals surface area contributed by atoms with Crippen molar-refractivity contribution in [2.45, 2.75) is 43.0 Å². The maximum atomic E-state index is 12.5. The van der Waals surface area contributed by atoms with Crippen molar-refractivity contribution in [3.05, 3.63) is 42.5 Å². The quantitative estimate of drug-likeness (QED) is 0.797. The molecule has 0 radical (unpaired) electrons.